The molecule has 278 valence electrons. The lowest BCUT2D eigenvalue weighted by molar-refractivity contribution is -0.152. The van der Waals surface area contributed by atoms with Crippen LogP contribution in [0.3, 0.4) is 0 Å². The van der Waals surface area contributed by atoms with Crippen LogP contribution in [0.15, 0.2) is 72.2 Å². The van der Waals surface area contributed by atoms with E-state index in [9.17, 15) is 23.8 Å². The van der Waals surface area contributed by atoms with Crippen molar-refractivity contribution in [2.45, 2.75) is 117 Å². The molecule has 2 atom stereocenters. The van der Waals surface area contributed by atoms with E-state index in [-0.39, 0.29) is 37.7 Å². The molecule has 1 heterocycles. The minimum absolute atomic E-state index is 0.000492. The zero-order chi connectivity index (χ0) is 37.1. The number of hydrogen-bond donors (Lipinski definition) is 2. The molecule has 0 bridgehead atoms. The monoisotopic (exact) mass is 739 g/mol. The molecule has 0 radical (unpaired) electrons. The quantitative estimate of drug-likeness (QED) is 0.101. The van der Waals surface area contributed by atoms with Gasteiger partial charge in [0.2, 0.25) is 5.76 Å². The highest BCUT2D eigenvalue weighted by Gasteiger charge is 2.53. The highest BCUT2D eigenvalue weighted by atomic mass is 31.2. The van der Waals surface area contributed by atoms with Crippen LogP contribution in [0.5, 0.6) is 0 Å². The summed E-state index contributed by atoms with van der Waals surface area (Å²) in [5, 5.41) is 12.3. The van der Waals surface area contributed by atoms with Gasteiger partial charge in [-0.05, 0) is 72.9 Å². The van der Waals surface area contributed by atoms with Crippen LogP contribution in [-0.2, 0) is 64.2 Å². The van der Waals surface area contributed by atoms with E-state index in [1.54, 1.807) is 55.4 Å². The van der Waals surface area contributed by atoms with Crippen molar-refractivity contribution in [3.63, 3.8) is 0 Å². The fraction of sp³-hybridized carbons (Fsp3) is 0.543. The molecule has 2 aromatic rings. The van der Waals surface area contributed by atoms with Gasteiger partial charge in [0.05, 0.1) is 24.4 Å². The third-order valence-corrected chi connectivity index (χ3v) is 13.3. The van der Waals surface area contributed by atoms with Crippen molar-refractivity contribution < 1.29 is 56.1 Å². The molecule has 3 rings (SSSR count). The lowest BCUT2D eigenvalue weighted by atomic mass is 10.1. The second-order valence-corrected chi connectivity index (χ2v) is 17.4. The number of carbonyl (C=O) groups is 2. The smallest absolute Gasteiger partial charge is 0.378 e. The average molecular weight is 740 g/mol. The predicted octanol–water partition coefficient (Wildman–Crippen LogP) is 6.84. The highest BCUT2D eigenvalue weighted by Crippen LogP contribution is 2.72. The van der Waals surface area contributed by atoms with E-state index in [1.165, 1.54) is 0 Å². The molecule has 2 aromatic carbocycles. The summed E-state index contributed by atoms with van der Waals surface area (Å²) < 4.78 is 69.2. The summed E-state index contributed by atoms with van der Waals surface area (Å²) in [5.74, 6) is -2.26. The van der Waals surface area contributed by atoms with Gasteiger partial charge in [0.1, 0.15) is 13.2 Å². The van der Waals surface area contributed by atoms with Gasteiger partial charge in [0.15, 0.2) is 23.4 Å². The molecule has 13 nitrogen and oxygen atoms in total. The number of hydrogen-bond acceptors (Lipinski definition) is 12. The number of benzene rings is 2. The van der Waals surface area contributed by atoms with Crippen LogP contribution in [-0.4, -0.2) is 65.6 Å². The lowest BCUT2D eigenvalue weighted by Gasteiger charge is -2.35. The molecule has 1 aliphatic rings. The number of esters is 1. The lowest BCUT2D eigenvalue weighted by Crippen LogP contribution is -2.44. The van der Waals surface area contributed by atoms with Gasteiger partial charge in [0.25, 0.3) is 5.91 Å². The molecular weight excluding hydrogens is 688 g/mol. The summed E-state index contributed by atoms with van der Waals surface area (Å²) in [6.07, 6.45) is -6.04. The van der Waals surface area contributed by atoms with E-state index in [0.717, 1.165) is 11.1 Å². The summed E-state index contributed by atoms with van der Waals surface area (Å²) >= 11 is 0. The molecule has 0 unspecified atom stereocenters. The van der Waals surface area contributed by atoms with E-state index in [0.29, 0.717) is 0 Å². The topological polar surface area (TPSA) is 165 Å². The summed E-state index contributed by atoms with van der Waals surface area (Å²) in [5.41, 5.74) is 1.53. The average Bonchev–Trinajstić information content (AvgIpc) is 3.34. The van der Waals surface area contributed by atoms with E-state index >= 15 is 0 Å². The molecule has 0 saturated heterocycles. The van der Waals surface area contributed by atoms with Crippen LogP contribution >= 0.6 is 15.2 Å². The largest absolute Gasteiger partial charge is 0.485 e. The summed E-state index contributed by atoms with van der Waals surface area (Å²) in [7, 11) is -8.44. The maximum Gasteiger partial charge on any atom is 0.378 e. The van der Waals surface area contributed by atoms with Gasteiger partial charge < -0.3 is 42.7 Å². The van der Waals surface area contributed by atoms with Crippen molar-refractivity contribution in [3.05, 3.63) is 83.3 Å². The zero-order valence-electron chi connectivity index (χ0n) is 30.0. The van der Waals surface area contributed by atoms with Crippen LogP contribution in [0.25, 0.3) is 0 Å². The molecule has 1 amide bonds. The molecule has 0 aliphatic carbocycles. The summed E-state index contributed by atoms with van der Waals surface area (Å²) in [4.78, 5) is 26.4. The van der Waals surface area contributed by atoms with Crippen molar-refractivity contribution >= 4 is 27.1 Å². The zero-order valence-corrected chi connectivity index (χ0v) is 31.8. The van der Waals surface area contributed by atoms with Crippen molar-refractivity contribution in [3.8, 4) is 0 Å². The molecule has 15 heteroatoms. The van der Waals surface area contributed by atoms with Crippen molar-refractivity contribution in [1.29, 1.82) is 0 Å². The highest BCUT2D eigenvalue weighted by molar-refractivity contribution is 7.72. The molecule has 1 aliphatic heterocycles. The first kappa shape index (κ1) is 41.4. The third kappa shape index (κ3) is 12.0. The minimum Gasteiger partial charge on any atom is -0.485 e. The maximum atomic E-state index is 14.4. The van der Waals surface area contributed by atoms with E-state index < -0.39 is 69.1 Å². The SMILES string of the molecule is CC(C)OP(=O)(OC(C)C)C(CCNC(=O)[C@@H](O)[C@H]1OC(=O)C(OCc2ccccc2)=C1OCc1ccccc1)P(=O)(OC(C)C)OC(C)C. The van der Waals surface area contributed by atoms with E-state index in [4.69, 9.17) is 32.3 Å². The summed E-state index contributed by atoms with van der Waals surface area (Å²) in [6.45, 7) is 13.0. The molecule has 2 N–H and O–H groups in total. The second-order valence-electron chi connectivity index (χ2n) is 12.8. The van der Waals surface area contributed by atoms with E-state index in [2.05, 4.69) is 5.32 Å². The molecule has 50 heavy (non-hydrogen) atoms. The van der Waals surface area contributed by atoms with Crippen molar-refractivity contribution in [2.24, 2.45) is 0 Å². The van der Waals surface area contributed by atoms with Gasteiger partial charge in [0, 0.05) is 6.54 Å². The molecular formula is C35H51NO12P2. The summed E-state index contributed by atoms with van der Waals surface area (Å²) in [6, 6.07) is 18.2. The Morgan fingerprint density at radius 1 is 0.740 bits per heavy atom. The number of amides is 1. The number of aliphatic hydroxyl groups excluding tert-OH is 1. The van der Waals surface area contributed by atoms with Gasteiger partial charge in [-0.1, -0.05) is 60.7 Å². The molecule has 0 fully saturated rings. The van der Waals surface area contributed by atoms with Crippen molar-refractivity contribution in [1.82, 2.24) is 5.32 Å². The fourth-order valence-electron chi connectivity index (χ4n) is 4.96. The maximum absolute atomic E-state index is 14.4. The fourth-order valence-corrected chi connectivity index (χ4v) is 10.9. The first-order valence-corrected chi connectivity index (χ1v) is 19.9. The van der Waals surface area contributed by atoms with Crippen LogP contribution in [0.4, 0.5) is 0 Å². The Labute approximate surface area is 295 Å². The van der Waals surface area contributed by atoms with Crippen LogP contribution < -0.4 is 5.32 Å². The van der Waals surface area contributed by atoms with Crippen LogP contribution in [0.1, 0.15) is 72.9 Å². The number of ether oxygens (including phenoxy) is 3. The predicted molar refractivity (Wildman–Crippen MR) is 187 cm³/mol. The Bertz CT molecular complexity index is 1450. The van der Waals surface area contributed by atoms with Gasteiger partial charge in [-0.3, -0.25) is 13.9 Å². The molecule has 0 spiro atoms. The Balaban J connectivity index is 1.86. The van der Waals surface area contributed by atoms with Crippen molar-refractivity contribution in [2.75, 3.05) is 6.54 Å². The van der Waals surface area contributed by atoms with Gasteiger partial charge >= 0.3 is 21.2 Å². The van der Waals surface area contributed by atoms with Gasteiger partial charge in [-0.15, -0.1) is 0 Å². The first-order chi connectivity index (χ1) is 23.5. The number of rotatable bonds is 21. The number of cyclic esters (lactones) is 1. The Morgan fingerprint density at radius 3 is 1.58 bits per heavy atom. The Kier molecular flexibility index (Phi) is 15.7. The normalized spacial score (nSPS) is 16.1. The van der Waals surface area contributed by atoms with Gasteiger partial charge in [-0.25, -0.2) is 4.79 Å². The molecule has 0 saturated carbocycles. The number of carbonyl (C=O) groups excluding carboxylic acids is 2. The molecule has 0 aromatic heterocycles. The van der Waals surface area contributed by atoms with E-state index in [1.807, 2.05) is 60.7 Å². The third-order valence-electron chi connectivity index (χ3n) is 6.78. The number of aliphatic hydroxyl groups is 1. The first-order valence-electron chi connectivity index (χ1n) is 16.7. The second kappa shape index (κ2) is 19.0. The standard InChI is InChI=1S/C35H51NO12P2/c1-23(2)45-49(40,46-24(3)4)29(50(41,47-25(5)6)48-26(7)8)19-20-36-34(38)30(37)31-32(42-21-27-15-11-9-12-16-27)33(35(39)44-31)43-22-28-17-13-10-14-18-28/h9-18,23-26,29-31,37H,19-22H2,1-8H3,(H,36,38)/t30-,31+/m0/s1. The van der Waals surface area contributed by atoms with Crippen LogP contribution in [0.2, 0.25) is 0 Å². The van der Waals surface area contributed by atoms with Crippen LogP contribution in [0, 0.1) is 0 Å². The van der Waals surface area contributed by atoms with Gasteiger partial charge in [-0.2, -0.15) is 0 Å². The Morgan fingerprint density at radius 2 is 1.16 bits per heavy atom. The Hall–Kier alpha value is -3.02. The minimum atomic E-state index is -4.22. The number of nitrogens with one attached hydrogen (secondary N) is 1.